The molecule has 5 heteroatoms. The number of ether oxygens (including phenoxy) is 1. The SMILES string of the molecule is CCN(C[C@H]1CCCO1)C(=O)N[C@H](c1ccccc1)c1ccco1. The summed E-state index contributed by atoms with van der Waals surface area (Å²) in [5, 5.41) is 3.10. The Labute approximate surface area is 142 Å². The van der Waals surface area contributed by atoms with Crippen LogP contribution in [0.2, 0.25) is 0 Å². The molecule has 5 nitrogen and oxygen atoms in total. The summed E-state index contributed by atoms with van der Waals surface area (Å²) < 4.78 is 11.2. The molecule has 1 aromatic carbocycles. The Morgan fingerprint density at radius 3 is 2.75 bits per heavy atom. The van der Waals surface area contributed by atoms with Gasteiger partial charge in [-0.25, -0.2) is 4.79 Å². The molecule has 1 aliphatic rings. The molecule has 128 valence electrons. The number of carbonyl (C=O) groups is 1. The summed E-state index contributed by atoms with van der Waals surface area (Å²) in [4.78, 5) is 14.6. The summed E-state index contributed by atoms with van der Waals surface area (Å²) in [7, 11) is 0. The monoisotopic (exact) mass is 328 g/mol. The van der Waals surface area contributed by atoms with Gasteiger partial charge in [-0.05, 0) is 37.5 Å². The van der Waals surface area contributed by atoms with E-state index in [2.05, 4.69) is 5.32 Å². The van der Waals surface area contributed by atoms with Gasteiger partial charge in [-0.3, -0.25) is 0 Å². The standard InChI is InChI=1S/C19H24N2O3/c1-2-21(14-16-10-6-12-23-16)19(22)20-18(17-11-7-13-24-17)15-8-4-3-5-9-15/h3-5,7-9,11,13,16,18H,2,6,10,12,14H2,1H3,(H,20,22)/t16-,18-/m1/s1. The van der Waals surface area contributed by atoms with Gasteiger partial charge in [0.05, 0.1) is 12.4 Å². The second-order valence-corrected chi connectivity index (χ2v) is 5.98. The van der Waals surface area contributed by atoms with Crippen LogP contribution >= 0.6 is 0 Å². The van der Waals surface area contributed by atoms with Crippen LogP contribution in [0.1, 0.15) is 37.1 Å². The maximum Gasteiger partial charge on any atom is 0.318 e. The zero-order valence-electron chi connectivity index (χ0n) is 14.0. The highest BCUT2D eigenvalue weighted by atomic mass is 16.5. The lowest BCUT2D eigenvalue weighted by molar-refractivity contribution is 0.0822. The van der Waals surface area contributed by atoms with Gasteiger partial charge in [-0.2, -0.15) is 0 Å². The third-order valence-electron chi connectivity index (χ3n) is 4.35. The van der Waals surface area contributed by atoms with Crippen molar-refractivity contribution < 1.29 is 13.9 Å². The van der Waals surface area contributed by atoms with Crippen LogP contribution in [0.4, 0.5) is 4.79 Å². The molecule has 1 fully saturated rings. The maximum absolute atomic E-state index is 12.8. The number of carbonyl (C=O) groups excluding carboxylic acids is 1. The highest BCUT2D eigenvalue weighted by Gasteiger charge is 2.25. The Balaban J connectivity index is 1.72. The first-order chi connectivity index (χ1) is 11.8. The van der Waals surface area contributed by atoms with Gasteiger partial charge in [0, 0.05) is 19.7 Å². The fourth-order valence-corrected chi connectivity index (χ4v) is 3.02. The van der Waals surface area contributed by atoms with E-state index in [1.807, 2.05) is 49.4 Å². The molecule has 0 saturated carbocycles. The smallest absolute Gasteiger partial charge is 0.318 e. The number of urea groups is 1. The van der Waals surface area contributed by atoms with Crippen LogP contribution in [0, 0.1) is 0 Å². The van der Waals surface area contributed by atoms with E-state index in [1.54, 1.807) is 11.2 Å². The second-order valence-electron chi connectivity index (χ2n) is 5.98. The first-order valence-corrected chi connectivity index (χ1v) is 8.53. The molecule has 1 saturated heterocycles. The average molecular weight is 328 g/mol. The van der Waals surface area contributed by atoms with Crippen LogP contribution in [-0.4, -0.2) is 36.7 Å². The van der Waals surface area contributed by atoms with E-state index < -0.39 is 0 Å². The first kappa shape index (κ1) is 16.6. The van der Waals surface area contributed by atoms with Crippen LogP contribution in [-0.2, 0) is 4.74 Å². The van der Waals surface area contributed by atoms with E-state index in [0.717, 1.165) is 30.8 Å². The van der Waals surface area contributed by atoms with Gasteiger partial charge in [0.15, 0.2) is 0 Å². The van der Waals surface area contributed by atoms with Crippen molar-refractivity contribution in [3.8, 4) is 0 Å². The third-order valence-corrected chi connectivity index (χ3v) is 4.35. The van der Waals surface area contributed by atoms with E-state index in [9.17, 15) is 4.79 Å². The minimum Gasteiger partial charge on any atom is -0.467 e. The van der Waals surface area contributed by atoms with Crippen molar-refractivity contribution in [3.63, 3.8) is 0 Å². The summed E-state index contributed by atoms with van der Waals surface area (Å²) >= 11 is 0. The molecule has 2 heterocycles. The Bertz CT molecular complexity index is 621. The molecule has 1 aromatic heterocycles. The minimum absolute atomic E-state index is 0.0988. The molecule has 0 radical (unpaired) electrons. The highest BCUT2D eigenvalue weighted by molar-refractivity contribution is 5.75. The Hall–Kier alpha value is -2.27. The molecule has 3 rings (SSSR count). The molecule has 2 amide bonds. The number of furan rings is 1. The first-order valence-electron chi connectivity index (χ1n) is 8.53. The fourth-order valence-electron chi connectivity index (χ4n) is 3.02. The van der Waals surface area contributed by atoms with Gasteiger partial charge >= 0.3 is 6.03 Å². The Morgan fingerprint density at radius 1 is 1.29 bits per heavy atom. The summed E-state index contributed by atoms with van der Waals surface area (Å²) in [6.45, 7) is 4.05. The van der Waals surface area contributed by atoms with Crippen LogP contribution in [0.25, 0.3) is 0 Å². The van der Waals surface area contributed by atoms with Gasteiger partial charge in [0.25, 0.3) is 0 Å². The number of benzene rings is 1. The molecule has 0 unspecified atom stereocenters. The van der Waals surface area contributed by atoms with Crippen molar-refractivity contribution in [2.45, 2.75) is 31.9 Å². The van der Waals surface area contributed by atoms with Crippen molar-refractivity contribution >= 4 is 6.03 Å². The third kappa shape index (κ3) is 3.97. The maximum atomic E-state index is 12.8. The zero-order chi connectivity index (χ0) is 16.8. The number of hydrogen-bond acceptors (Lipinski definition) is 3. The van der Waals surface area contributed by atoms with Crippen molar-refractivity contribution in [2.75, 3.05) is 19.7 Å². The lowest BCUT2D eigenvalue weighted by Gasteiger charge is -2.27. The number of amides is 2. The lowest BCUT2D eigenvalue weighted by Crippen LogP contribution is -2.45. The molecule has 2 atom stereocenters. The molecule has 24 heavy (non-hydrogen) atoms. The van der Waals surface area contributed by atoms with E-state index >= 15 is 0 Å². The minimum atomic E-state index is -0.299. The molecule has 0 bridgehead atoms. The normalized spacial score (nSPS) is 18.3. The summed E-state index contributed by atoms with van der Waals surface area (Å²) in [6, 6.07) is 13.2. The van der Waals surface area contributed by atoms with Crippen molar-refractivity contribution in [2.24, 2.45) is 0 Å². The predicted molar refractivity (Wildman–Crippen MR) is 91.7 cm³/mol. The number of likely N-dealkylation sites (N-methyl/N-ethyl adjacent to an activating group) is 1. The van der Waals surface area contributed by atoms with Crippen LogP contribution in [0.3, 0.4) is 0 Å². The highest BCUT2D eigenvalue weighted by Crippen LogP contribution is 2.23. The Morgan fingerprint density at radius 2 is 2.12 bits per heavy atom. The summed E-state index contributed by atoms with van der Waals surface area (Å²) in [5.74, 6) is 0.725. The van der Waals surface area contributed by atoms with E-state index in [4.69, 9.17) is 9.15 Å². The van der Waals surface area contributed by atoms with Crippen LogP contribution < -0.4 is 5.32 Å². The molecule has 0 spiro atoms. The second kappa shape index (κ2) is 8.02. The quantitative estimate of drug-likeness (QED) is 0.882. The molecule has 2 aromatic rings. The zero-order valence-corrected chi connectivity index (χ0v) is 14.0. The fraction of sp³-hybridized carbons (Fsp3) is 0.421. The summed E-state index contributed by atoms with van der Waals surface area (Å²) in [6.07, 6.45) is 3.86. The number of rotatable bonds is 6. The largest absolute Gasteiger partial charge is 0.467 e. The topological polar surface area (TPSA) is 54.7 Å². The van der Waals surface area contributed by atoms with Gasteiger partial charge < -0.3 is 19.4 Å². The van der Waals surface area contributed by atoms with Gasteiger partial charge in [-0.1, -0.05) is 30.3 Å². The van der Waals surface area contributed by atoms with Gasteiger partial charge in [-0.15, -0.1) is 0 Å². The van der Waals surface area contributed by atoms with Crippen LogP contribution in [0.15, 0.2) is 53.1 Å². The van der Waals surface area contributed by atoms with Crippen molar-refractivity contribution in [3.05, 3.63) is 60.1 Å². The molecular weight excluding hydrogens is 304 g/mol. The lowest BCUT2D eigenvalue weighted by atomic mass is 10.0. The average Bonchev–Trinajstić information content (AvgIpc) is 3.31. The van der Waals surface area contributed by atoms with E-state index in [1.165, 1.54) is 0 Å². The summed E-state index contributed by atoms with van der Waals surface area (Å²) in [5.41, 5.74) is 0.994. The number of hydrogen-bond donors (Lipinski definition) is 1. The molecule has 0 aliphatic carbocycles. The van der Waals surface area contributed by atoms with E-state index in [-0.39, 0.29) is 18.2 Å². The molecule has 1 aliphatic heterocycles. The number of nitrogens with one attached hydrogen (secondary N) is 1. The molecular formula is C19H24N2O3. The van der Waals surface area contributed by atoms with Crippen molar-refractivity contribution in [1.29, 1.82) is 0 Å². The van der Waals surface area contributed by atoms with Gasteiger partial charge in [0.1, 0.15) is 11.8 Å². The predicted octanol–water partition coefficient (Wildman–Crippen LogP) is 3.58. The van der Waals surface area contributed by atoms with Crippen LogP contribution in [0.5, 0.6) is 0 Å². The Kier molecular flexibility index (Phi) is 5.54. The van der Waals surface area contributed by atoms with E-state index in [0.29, 0.717) is 13.1 Å². The van der Waals surface area contributed by atoms with Crippen molar-refractivity contribution in [1.82, 2.24) is 10.2 Å². The van der Waals surface area contributed by atoms with Gasteiger partial charge in [0.2, 0.25) is 0 Å². The number of nitrogens with zero attached hydrogens (tertiary/aromatic N) is 1. The molecule has 1 N–H and O–H groups in total.